The van der Waals surface area contributed by atoms with Gasteiger partial charge >= 0.3 is 11.9 Å². The average Bonchev–Trinajstić information content (AvgIpc) is 2.59. The van der Waals surface area contributed by atoms with Crippen molar-refractivity contribution < 1.29 is 24.0 Å². The van der Waals surface area contributed by atoms with Gasteiger partial charge in [0, 0.05) is 17.8 Å². The van der Waals surface area contributed by atoms with Gasteiger partial charge < -0.3 is 15.2 Å². The smallest absolute Gasteiger partial charge is 0.340 e. The van der Waals surface area contributed by atoms with Crippen molar-refractivity contribution >= 4 is 23.3 Å². The van der Waals surface area contributed by atoms with Crippen LogP contribution in [0.3, 0.4) is 0 Å². The van der Waals surface area contributed by atoms with E-state index in [1.165, 1.54) is 25.3 Å². The summed E-state index contributed by atoms with van der Waals surface area (Å²) in [4.78, 5) is 33.7. The number of carbonyl (C=O) groups is 2. The summed E-state index contributed by atoms with van der Waals surface area (Å²) in [6.45, 7) is -0.119. The van der Waals surface area contributed by atoms with Gasteiger partial charge in [-0.3, -0.25) is 10.1 Å². The number of nitrogens with zero attached hydrogens (tertiary/aromatic N) is 1. The molecule has 0 aliphatic heterocycles. The lowest BCUT2D eigenvalue weighted by atomic mass is 10.1. The van der Waals surface area contributed by atoms with Crippen LogP contribution in [0.15, 0.2) is 42.5 Å². The summed E-state index contributed by atoms with van der Waals surface area (Å²) >= 11 is 0. The molecule has 0 fully saturated rings. The van der Waals surface area contributed by atoms with Crippen LogP contribution in [0.25, 0.3) is 0 Å². The summed E-state index contributed by atoms with van der Waals surface area (Å²) < 4.78 is 9.71. The zero-order valence-electron chi connectivity index (χ0n) is 12.7. The molecule has 0 aliphatic carbocycles. The molecule has 0 saturated heterocycles. The number of anilines is 1. The molecule has 2 N–H and O–H groups in total. The molecular formula is C16H14N2O6. The van der Waals surface area contributed by atoms with E-state index in [1.54, 1.807) is 18.2 Å². The Labute approximate surface area is 136 Å². The van der Waals surface area contributed by atoms with Gasteiger partial charge in [0.2, 0.25) is 0 Å². The number of nitrogens with two attached hydrogens (primary N) is 1. The summed E-state index contributed by atoms with van der Waals surface area (Å²) in [5, 5.41) is 10.8. The van der Waals surface area contributed by atoms with Crippen molar-refractivity contribution in [1.29, 1.82) is 0 Å². The van der Waals surface area contributed by atoms with Crippen molar-refractivity contribution in [3.63, 3.8) is 0 Å². The fraction of sp³-hybridized carbons (Fsp3) is 0.125. The van der Waals surface area contributed by atoms with Crippen molar-refractivity contribution in [3.8, 4) is 0 Å². The molecular weight excluding hydrogens is 316 g/mol. The Balaban J connectivity index is 2.12. The van der Waals surface area contributed by atoms with E-state index in [-0.39, 0.29) is 23.5 Å². The van der Waals surface area contributed by atoms with Crippen LogP contribution in [-0.4, -0.2) is 24.0 Å². The van der Waals surface area contributed by atoms with Gasteiger partial charge in [0.15, 0.2) is 0 Å². The van der Waals surface area contributed by atoms with E-state index in [1.807, 2.05) is 0 Å². The maximum atomic E-state index is 12.1. The number of nitrogen functional groups attached to an aromatic ring is 1. The van der Waals surface area contributed by atoms with Gasteiger partial charge in [0.05, 0.1) is 23.2 Å². The number of carbonyl (C=O) groups excluding carboxylic acids is 2. The van der Waals surface area contributed by atoms with Crippen LogP contribution >= 0.6 is 0 Å². The van der Waals surface area contributed by atoms with Gasteiger partial charge in [-0.05, 0) is 23.8 Å². The molecule has 0 aromatic heterocycles. The molecule has 2 rings (SSSR count). The highest BCUT2D eigenvalue weighted by Crippen LogP contribution is 2.21. The first-order valence-electron chi connectivity index (χ1n) is 6.80. The minimum Gasteiger partial charge on any atom is -0.465 e. The number of nitro groups is 1. The van der Waals surface area contributed by atoms with Crippen molar-refractivity contribution in [2.24, 2.45) is 0 Å². The van der Waals surface area contributed by atoms with Gasteiger partial charge in [-0.15, -0.1) is 0 Å². The molecule has 0 saturated carbocycles. The molecule has 124 valence electrons. The largest absolute Gasteiger partial charge is 0.465 e. The third kappa shape index (κ3) is 3.86. The summed E-state index contributed by atoms with van der Waals surface area (Å²) in [6, 6.07) is 9.90. The van der Waals surface area contributed by atoms with E-state index >= 15 is 0 Å². The average molecular weight is 330 g/mol. The molecule has 24 heavy (non-hydrogen) atoms. The van der Waals surface area contributed by atoms with Crippen LogP contribution in [-0.2, 0) is 16.1 Å². The third-order valence-corrected chi connectivity index (χ3v) is 3.19. The molecule has 0 spiro atoms. The predicted octanol–water partition coefficient (Wildman–Crippen LogP) is 2.32. The van der Waals surface area contributed by atoms with Crippen LogP contribution < -0.4 is 5.73 Å². The molecule has 0 heterocycles. The molecule has 8 nitrogen and oxygen atoms in total. The quantitative estimate of drug-likeness (QED) is 0.386. The number of hydrogen-bond donors (Lipinski definition) is 1. The minimum atomic E-state index is -0.792. The molecule has 0 unspecified atom stereocenters. The molecule has 0 atom stereocenters. The van der Waals surface area contributed by atoms with E-state index in [4.69, 9.17) is 10.5 Å². The first-order valence-corrected chi connectivity index (χ1v) is 6.80. The third-order valence-electron chi connectivity index (χ3n) is 3.19. The maximum absolute atomic E-state index is 12.1. The zero-order valence-corrected chi connectivity index (χ0v) is 12.7. The second-order valence-corrected chi connectivity index (χ2v) is 4.80. The molecule has 2 aromatic carbocycles. The van der Waals surface area contributed by atoms with Crippen molar-refractivity contribution in [2.75, 3.05) is 12.8 Å². The van der Waals surface area contributed by atoms with Gasteiger partial charge in [-0.1, -0.05) is 12.1 Å². The number of nitro benzene ring substituents is 1. The van der Waals surface area contributed by atoms with Gasteiger partial charge in [-0.2, -0.15) is 0 Å². The Morgan fingerprint density at radius 3 is 2.58 bits per heavy atom. The zero-order chi connectivity index (χ0) is 17.7. The van der Waals surface area contributed by atoms with E-state index in [9.17, 15) is 19.7 Å². The van der Waals surface area contributed by atoms with Crippen LogP contribution in [0.5, 0.6) is 0 Å². The Hall–Kier alpha value is -3.42. The number of hydrogen-bond acceptors (Lipinski definition) is 7. The SMILES string of the molecule is COC(=O)c1cccc(COC(=O)c2cc([N+](=O)[O-])ccc2N)c1. The molecule has 0 radical (unpaired) electrons. The van der Waals surface area contributed by atoms with Gasteiger partial charge in [-0.25, -0.2) is 9.59 Å². The minimum absolute atomic E-state index is 0.0777. The molecule has 0 amide bonds. The monoisotopic (exact) mass is 330 g/mol. The van der Waals surface area contributed by atoms with Gasteiger partial charge in [0.25, 0.3) is 5.69 Å². The number of methoxy groups -OCH3 is 1. The van der Waals surface area contributed by atoms with E-state index in [0.717, 1.165) is 6.07 Å². The van der Waals surface area contributed by atoms with E-state index in [2.05, 4.69) is 4.74 Å². The van der Waals surface area contributed by atoms with Crippen molar-refractivity contribution in [2.45, 2.75) is 6.61 Å². The number of ether oxygens (including phenoxy) is 2. The second-order valence-electron chi connectivity index (χ2n) is 4.80. The summed E-state index contributed by atoms with van der Waals surface area (Å²) in [6.07, 6.45) is 0. The predicted molar refractivity (Wildman–Crippen MR) is 84.4 cm³/mol. The van der Waals surface area contributed by atoms with Crippen molar-refractivity contribution in [1.82, 2.24) is 0 Å². The van der Waals surface area contributed by atoms with Crippen LogP contribution in [0.1, 0.15) is 26.3 Å². The number of rotatable bonds is 5. The topological polar surface area (TPSA) is 122 Å². The van der Waals surface area contributed by atoms with Gasteiger partial charge in [0.1, 0.15) is 6.61 Å². The lowest BCUT2D eigenvalue weighted by Crippen LogP contribution is -2.09. The summed E-state index contributed by atoms with van der Waals surface area (Å²) in [5.41, 5.74) is 6.27. The second kappa shape index (κ2) is 7.23. The van der Waals surface area contributed by atoms with Crippen molar-refractivity contribution in [3.05, 3.63) is 69.3 Å². The molecule has 8 heteroatoms. The summed E-state index contributed by atoms with van der Waals surface area (Å²) in [5.74, 6) is -1.30. The number of esters is 2. The maximum Gasteiger partial charge on any atom is 0.340 e. The Morgan fingerprint density at radius 1 is 1.17 bits per heavy atom. The van der Waals surface area contributed by atoms with Crippen LogP contribution in [0.2, 0.25) is 0 Å². The normalized spacial score (nSPS) is 10.0. The van der Waals surface area contributed by atoms with E-state index < -0.39 is 16.9 Å². The Bertz CT molecular complexity index is 803. The molecule has 0 aliphatic rings. The standard InChI is InChI=1S/C16H14N2O6/c1-23-15(19)11-4-2-3-10(7-11)9-24-16(20)13-8-12(18(21)22)5-6-14(13)17/h2-8H,9,17H2,1H3. The highest BCUT2D eigenvalue weighted by atomic mass is 16.6. The lowest BCUT2D eigenvalue weighted by Gasteiger charge is -2.08. The lowest BCUT2D eigenvalue weighted by molar-refractivity contribution is -0.384. The number of benzene rings is 2. The highest BCUT2D eigenvalue weighted by molar-refractivity contribution is 5.95. The number of non-ortho nitro benzene ring substituents is 1. The molecule has 0 bridgehead atoms. The molecule has 2 aromatic rings. The van der Waals surface area contributed by atoms with Crippen LogP contribution in [0.4, 0.5) is 11.4 Å². The first-order chi connectivity index (χ1) is 11.4. The Kier molecular flexibility index (Phi) is 5.10. The Morgan fingerprint density at radius 2 is 1.92 bits per heavy atom. The van der Waals surface area contributed by atoms with Crippen LogP contribution in [0, 0.1) is 10.1 Å². The fourth-order valence-electron chi connectivity index (χ4n) is 1.97. The highest BCUT2D eigenvalue weighted by Gasteiger charge is 2.17. The summed E-state index contributed by atoms with van der Waals surface area (Å²) in [7, 11) is 1.26. The first kappa shape index (κ1) is 16.9. The van der Waals surface area contributed by atoms with E-state index in [0.29, 0.717) is 11.1 Å². The fourth-order valence-corrected chi connectivity index (χ4v) is 1.97.